The first-order chi connectivity index (χ1) is 14.3. The second-order valence-electron chi connectivity index (χ2n) is 6.32. The van der Waals surface area contributed by atoms with E-state index in [0.29, 0.717) is 26.1 Å². The molecule has 9 nitrogen and oxygen atoms in total. The van der Waals surface area contributed by atoms with Gasteiger partial charge in [-0.05, 0) is 40.5 Å². The van der Waals surface area contributed by atoms with Gasteiger partial charge in [-0.15, -0.1) is 0 Å². The molecule has 4 N–H and O–H groups in total. The van der Waals surface area contributed by atoms with Crippen molar-refractivity contribution in [3.8, 4) is 5.82 Å². The number of carbonyl (C=O) groups is 2. The summed E-state index contributed by atoms with van der Waals surface area (Å²) in [6.45, 7) is 1.75. The number of pyridine rings is 1. The van der Waals surface area contributed by atoms with Crippen molar-refractivity contribution in [2.24, 2.45) is 5.73 Å². The summed E-state index contributed by atoms with van der Waals surface area (Å²) in [5.74, 6) is -1.04. The number of hydrogen-bond acceptors (Lipinski definition) is 5. The topological polar surface area (TPSA) is 132 Å². The predicted molar refractivity (Wildman–Crippen MR) is 116 cm³/mol. The number of primary amides is 1. The predicted octanol–water partition coefficient (Wildman–Crippen LogP) is 3.87. The third kappa shape index (κ3) is 3.53. The van der Waals surface area contributed by atoms with Crippen molar-refractivity contribution in [2.75, 3.05) is 5.32 Å². The highest BCUT2D eigenvalue weighted by atomic mass is 79.9. The molecule has 3 aromatic heterocycles. The minimum atomic E-state index is -0.708. The van der Waals surface area contributed by atoms with Crippen LogP contribution in [0.4, 0.5) is 5.69 Å². The Morgan fingerprint density at radius 1 is 1.23 bits per heavy atom. The van der Waals surface area contributed by atoms with Crippen molar-refractivity contribution < 1.29 is 9.59 Å². The first-order valence-corrected chi connectivity index (χ1v) is 9.96. The van der Waals surface area contributed by atoms with Gasteiger partial charge in [0, 0.05) is 17.6 Å². The number of nitrogens with one attached hydrogen (secondary N) is 2. The summed E-state index contributed by atoms with van der Waals surface area (Å²) in [5, 5.41) is 14.9. The van der Waals surface area contributed by atoms with E-state index in [0.717, 1.165) is 0 Å². The van der Waals surface area contributed by atoms with Gasteiger partial charge in [-0.3, -0.25) is 14.7 Å². The Balaban J connectivity index is 1.80. The zero-order valence-electron chi connectivity index (χ0n) is 15.2. The molecule has 4 rings (SSSR count). The number of carbonyl (C=O) groups excluding carboxylic acids is 2. The molecule has 0 unspecified atom stereocenters. The van der Waals surface area contributed by atoms with Crippen LogP contribution in [0.5, 0.6) is 0 Å². The molecule has 0 saturated heterocycles. The molecule has 2 amide bonds. The zero-order valence-corrected chi connectivity index (χ0v) is 18.3. The van der Waals surface area contributed by atoms with Gasteiger partial charge in [-0.2, -0.15) is 10.2 Å². The number of halogens is 3. The lowest BCUT2D eigenvalue weighted by Gasteiger charge is -2.14. The van der Waals surface area contributed by atoms with E-state index >= 15 is 0 Å². The van der Waals surface area contributed by atoms with E-state index in [1.165, 1.54) is 23.0 Å². The van der Waals surface area contributed by atoms with Crippen LogP contribution in [0.25, 0.3) is 16.7 Å². The van der Waals surface area contributed by atoms with Crippen LogP contribution in [0.2, 0.25) is 10.0 Å². The van der Waals surface area contributed by atoms with Crippen molar-refractivity contribution in [1.29, 1.82) is 0 Å². The van der Waals surface area contributed by atoms with Crippen molar-refractivity contribution in [3.63, 3.8) is 0 Å². The fraction of sp³-hybridized carbons (Fsp3) is 0.0556. The molecular formula is C18H12BrCl2N7O2. The average molecular weight is 509 g/mol. The number of amides is 2. The van der Waals surface area contributed by atoms with Gasteiger partial charge < -0.3 is 11.1 Å². The smallest absolute Gasteiger partial charge is 0.274 e. The third-order valence-electron chi connectivity index (χ3n) is 4.32. The lowest BCUT2D eigenvalue weighted by molar-refractivity contribution is 0.100. The van der Waals surface area contributed by atoms with Gasteiger partial charge in [0.2, 0.25) is 0 Å². The number of aryl methyl sites for hydroxylation is 1. The summed E-state index contributed by atoms with van der Waals surface area (Å²) in [5.41, 5.74) is 7.17. The van der Waals surface area contributed by atoms with Crippen molar-refractivity contribution >= 4 is 67.5 Å². The van der Waals surface area contributed by atoms with Gasteiger partial charge in [-0.25, -0.2) is 9.67 Å². The maximum absolute atomic E-state index is 13.1. The molecule has 1 aromatic carbocycles. The maximum atomic E-state index is 13.1. The Bertz CT molecular complexity index is 1330. The van der Waals surface area contributed by atoms with Crippen LogP contribution in [-0.4, -0.2) is 36.8 Å². The van der Waals surface area contributed by atoms with Crippen molar-refractivity contribution in [2.45, 2.75) is 6.92 Å². The molecule has 30 heavy (non-hydrogen) atoms. The van der Waals surface area contributed by atoms with E-state index in [1.54, 1.807) is 19.2 Å². The summed E-state index contributed by atoms with van der Waals surface area (Å²) >= 11 is 15.4. The molecule has 0 aliphatic rings. The van der Waals surface area contributed by atoms with E-state index in [2.05, 4.69) is 41.5 Å². The van der Waals surface area contributed by atoms with Gasteiger partial charge >= 0.3 is 0 Å². The first kappa shape index (κ1) is 20.3. The van der Waals surface area contributed by atoms with Crippen LogP contribution in [0.3, 0.4) is 0 Å². The summed E-state index contributed by atoms with van der Waals surface area (Å²) in [6.07, 6.45) is 2.96. The molecule has 0 bridgehead atoms. The second kappa shape index (κ2) is 7.71. The number of aromatic amines is 1. The number of nitrogens with zero attached hydrogens (tertiary/aromatic N) is 4. The average Bonchev–Trinajstić information content (AvgIpc) is 3.28. The molecule has 4 aromatic rings. The SMILES string of the molecule is Cc1cc2cn[nH]c2c(C(N)=O)c1NC(=O)c1cc(Br)nn1-c1ncc(Cl)cc1Cl. The molecule has 12 heteroatoms. The van der Waals surface area contributed by atoms with Crippen LogP contribution < -0.4 is 11.1 Å². The lowest BCUT2D eigenvalue weighted by atomic mass is 10.0. The lowest BCUT2D eigenvalue weighted by Crippen LogP contribution is -2.22. The van der Waals surface area contributed by atoms with Gasteiger partial charge in [0.1, 0.15) is 10.3 Å². The minimum absolute atomic E-state index is 0.123. The summed E-state index contributed by atoms with van der Waals surface area (Å²) in [7, 11) is 0. The van der Waals surface area contributed by atoms with E-state index in [-0.39, 0.29) is 27.8 Å². The highest BCUT2D eigenvalue weighted by molar-refractivity contribution is 9.10. The fourth-order valence-electron chi connectivity index (χ4n) is 3.06. The molecule has 0 atom stereocenters. The Kier molecular flexibility index (Phi) is 5.22. The van der Waals surface area contributed by atoms with E-state index in [9.17, 15) is 9.59 Å². The second-order valence-corrected chi connectivity index (χ2v) is 7.98. The molecular weight excluding hydrogens is 497 g/mol. The molecule has 0 spiro atoms. The quantitative estimate of drug-likeness (QED) is 0.385. The molecule has 0 aliphatic heterocycles. The standard InChI is InChI=1S/C18H12BrCl2N7O2/c1-7-2-8-5-24-26-15(8)13(16(22)29)14(7)25-18(30)11-4-12(19)27-28(11)17-10(21)3-9(20)6-23-17/h2-6H,1H3,(H2,22,29)(H,24,26)(H,25,30). The summed E-state index contributed by atoms with van der Waals surface area (Å²) < 4.78 is 1.66. The number of benzene rings is 1. The Morgan fingerprint density at radius 3 is 2.70 bits per heavy atom. The first-order valence-electron chi connectivity index (χ1n) is 8.41. The fourth-order valence-corrected chi connectivity index (χ4v) is 3.89. The number of fused-ring (bicyclic) bond motifs is 1. The number of nitrogens with two attached hydrogens (primary N) is 1. The third-order valence-corrected chi connectivity index (χ3v) is 5.19. The Morgan fingerprint density at radius 2 is 2.00 bits per heavy atom. The molecule has 0 aliphatic carbocycles. The molecule has 0 fully saturated rings. The number of H-pyrrole nitrogens is 1. The van der Waals surface area contributed by atoms with Gasteiger partial charge in [0.15, 0.2) is 5.82 Å². The van der Waals surface area contributed by atoms with Crippen LogP contribution in [0.15, 0.2) is 35.2 Å². The maximum Gasteiger partial charge on any atom is 0.274 e. The van der Waals surface area contributed by atoms with Crippen molar-refractivity contribution in [1.82, 2.24) is 25.0 Å². The summed E-state index contributed by atoms with van der Waals surface area (Å²) in [4.78, 5) is 29.4. The normalized spacial score (nSPS) is 11.1. The van der Waals surface area contributed by atoms with Crippen LogP contribution in [0.1, 0.15) is 26.4 Å². The largest absolute Gasteiger partial charge is 0.365 e. The van der Waals surface area contributed by atoms with Gasteiger partial charge in [-0.1, -0.05) is 23.2 Å². The number of aromatic nitrogens is 5. The van der Waals surface area contributed by atoms with Crippen molar-refractivity contribution in [3.05, 3.63) is 62.1 Å². The Hall–Kier alpha value is -2.95. The van der Waals surface area contributed by atoms with E-state index in [1.807, 2.05) is 0 Å². The Labute approximate surface area is 187 Å². The molecule has 3 heterocycles. The number of anilines is 1. The highest BCUT2D eigenvalue weighted by Gasteiger charge is 2.23. The van der Waals surface area contributed by atoms with Crippen LogP contribution in [0, 0.1) is 6.92 Å². The molecule has 152 valence electrons. The number of hydrogen-bond donors (Lipinski definition) is 3. The van der Waals surface area contributed by atoms with Gasteiger partial charge in [0.25, 0.3) is 11.8 Å². The zero-order chi connectivity index (χ0) is 21.6. The van der Waals surface area contributed by atoms with E-state index < -0.39 is 11.8 Å². The van der Waals surface area contributed by atoms with E-state index in [4.69, 9.17) is 28.9 Å². The number of rotatable bonds is 4. The minimum Gasteiger partial charge on any atom is -0.365 e. The summed E-state index contributed by atoms with van der Waals surface area (Å²) in [6, 6.07) is 4.77. The van der Waals surface area contributed by atoms with Crippen LogP contribution >= 0.6 is 39.1 Å². The van der Waals surface area contributed by atoms with Crippen LogP contribution in [-0.2, 0) is 0 Å². The molecule has 0 saturated carbocycles. The van der Waals surface area contributed by atoms with Gasteiger partial charge in [0.05, 0.1) is 33.0 Å². The monoisotopic (exact) mass is 507 g/mol. The highest BCUT2D eigenvalue weighted by Crippen LogP contribution is 2.30. The molecule has 0 radical (unpaired) electrons.